The van der Waals surface area contributed by atoms with Gasteiger partial charge in [0.1, 0.15) is 11.6 Å². The lowest BCUT2D eigenvalue weighted by Gasteiger charge is -2.28. The van der Waals surface area contributed by atoms with E-state index in [1.807, 2.05) is 6.07 Å². The molecule has 0 saturated heterocycles. The van der Waals surface area contributed by atoms with Crippen LogP contribution in [-0.2, 0) is 23.0 Å². The van der Waals surface area contributed by atoms with Crippen molar-refractivity contribution in [2.75, 3.05) is 19.0 Å². The van der Waals surface area contributed by atoms with Gasteiger partial charge in [-0.05, 0) is 72.1 Å². The molecule has 0 spiro atoms. The van der Waals surface area contributed by atoms with Gasteiger partial charge in [-0.15, -0.1) is 0 Å². The fourth-order valence-electron chi connectivity index (χ4n) is 3.54. The molecule has 160 valence electrons. The van der Waals surface area contributed by atoms with E-state index < -0.39 is 21.7 Å². The predicted molar refractivity (Wildman–Crippen MR) is 115 cm³/mol. The maximum atomic E-state index is 13.4. The number of halogens is 1. The number of anilines is 1. The molecule has 1 N–H and O–H groups in total. The van der Waals surface area contributed by atoms with E-state index in [9.17, 15) is 17.6 Å². The summed E-state index contributed by atoms with van der Waals surface area (Å²) in [6, 6.07) is 17.1. The average Bonchev–Trinajstić information content (AvgIpc) is 2.78. The number of carbonyl (C=O) groups excluding carboxylic acids is 1. The largest absolute Gasteiger partial charge is 0.497 e. The van der Waals surface area contributed by atoms with Gasteiger partial charge in [0.25, 0.3) is 5.91 Å². The van der Waals surface area contributed by atoms with Crippen LogP contribution in [0.25, 0.3) is 0 Å². The molecule has 0 fully saturated rings. The van der Waals surface area contributed by atoms with Crippen molar-refractivity contribution >= 4 is 21.6 Å². The van der Waals surface area contributed by atoms with E-state index in [2.05, 4.69) is 5.32 Å². The zero-order valence-electron chi connectivity index (χ0n) is 16.8. The lowest BCUT2D eigenvalue weighted by molar-refractivity contribution is 0.102. The van der Waals surface area contributed by atoms with Gasteiger partial charge in [-0.1, -0.05) is 12.1 Å². The standard InChI is InChI=1S/C23H21FN2O4S/c1-30-21-7-9-22(10-8-21)31(28,29)26-12-11-16-5-6-20(14-18(16)15-26)25-23(27)17-3-2-4-19(24)13-17/h2-10,13-14H,11-12,15H2,1H3,(H,25,27). The van der Waals surface area contributed by atoms with Crippen LogP contribution >= 0.6 is 0 Å². The normalized spacial score (nSPS) is 14.0. The molecule has 3 aromatic rings. The summed E-state index contributed by atoms with van der Waals surface area (Å²) in [5, 5.41) is 2.75. The van der Waals surface area contributed by atoms with Gasteiger partial charge in [0.05, 0.1) is 12.0 Å². The quantitative estimate of drug-likeness (QED) is 0.654. The maximum Gasteiger partial charge on any atom is 0.255 e. The predicted octanol–water partition coefficient (Wildman–Crippen LogP) is 3.83. The van der Waals surface area contributed by atoms with Crippen molar-refractivity contribution in [1.29, 1.82) is 0 Å². The van der Waals surface area contributed by atoms with Crippen molar-refractivity contribution in [3.05, 3.63) is 89.2 Å². The minimum absolute atomic E-state index is 0.201. The van der Waals surface area contributed by atoms with E-state index in [0.717, 1.165) is 17.2 Å². The summed E-state index contributed by atoms with van der Waals surface area (Å²) in [6.07, 6.45) is 0.572. The number of hydrogen-bond donors (Lipinski definition) is 1. The molecule has 0 saturated carbocycles. The first-order valence-corrected chi connectivity index (χ1v) is 11.1. The number of nitrogens with zero attached hydrogens (tertiary/aromatic N) is 1. The minimum Gasteiger partial charge on any atom is -0.497 e. The van der Waals surface area contributed by atoms with Crippen LogP contribution in [0.2, 0.25) is 0 Å². The van der Waals surface area contributed by atoms with Gasteiger partial charge in [-0.25, -0.2) is 12.8 Å². The topological polar surface area (TPSA) is 75.7 Å². The van der Waals surface area contributed by atoms with E-state index in [0.29, 0.717) is 24.4 Å². The second-order valence-electron chi connectivity index (χ2n) is 7.21. The van der Waals surface area contributed by atoms with Crippen LogP contribution in [0.15, 0.2) is 71.6 Å². The van der Waals surface area contributed by atoms with Gasteiger partial charge in [0.2, 0.25) is 10.0 Å². The molecule has 0 bridgehead atoms. The Hall–Kier alpha value is -3.23. The van der Waals surface area contributed by atoms with Crippen LogP contribution in [0.3, 0.4) is 0 Å². The fraction of sp³-hybridized carbons (Fsp3) is 0.174. The summed E-state index contributed by atoms with van der Waals surface area (Å²) in [6.45, 7) is 0.573. The second-order valence-corrected chi connectivity index (χ2v) is 9.15. The molecule has 0 atom stereocenters. The molecule has 0 aromatic heterocycles. The van der Waals surface area contributed by atoms with Crippen molar-refractivity contribution < 1.29 is 22.3 Å². The molecule has 4 rings (SSSR count). The summed E-state index contributed by atoms with van der Waals surface area (Å²) in [5.41, 5.74) is 2.59. The van der Waals surface area contributed by atoms with Crippen molar-refractivity contribution in [2.24, 2.45) is 0 Å². The Labute approximate surface area is 180 Å². The molecular weight excluding hydrogens is 419 g/mol. The molecule has 1 amide bonds. The lowest BCUT2D eigenvalue weighted by atomic mass is 10.0. The molecule has 0 aliphatic carbocycles. The Morgan fingerprint density at radius 3 is 2.52 bits per heavy atom. The third-order valence-corrected chi connectivity index (χ3v) is 7.08. The van der Waals surface area contributed by atoms with E-state index in [4.69, 9.17) is 4.74 Å². The SMILES string of the molecule is COc1ccc(S(=O)(=O)N2CCc3ccc(NC(=O)c4cccc(F)c4)cc3C2)cc1. The van der Waals surface area contributed by atoms with Crippen molar-refractivity contribution in [3.8, 4) is 5.75 Å². The second kappa shape index (κ2) is 8.49. The zero-order valence-corrected chi connectivity index (χ0v) is 17.7. The number of rotatable bonds is 5. The van der Waals surface area contributed by atoms with Gasteiger partial charge in [-0.3, -0.25) is 4.79 Å². The Morgan fingerprint density at radius 1 is 1.03 bits per heavy atom. The first-order chi connectivity index (χ1) is 14.9. The molecule has 8 heteroatoms. The maximum absolute atomic E-state index is 13.4. The third kappa shape index (κ3) is 4.45. The number of hydrogen-bond acceptors (Lipinski definition) is 4. The number of fused-ring (bicyclic) bond motifs is 1. The molecule has 1 heterocycles. The fourth-order valence-corrected chi connectivity index (χ4v) is 4.96. The molecule has 1 aliphatic heterocycles. The highest BCUT2D eigenvalue weighted by atomic mass is 32.2. The molecule has 1 aliphatic rings. The Kier molecular flexibility index (Phi) is 5.75. The Bertz CT molecular complexity index is 1230. The van der Waals surface area contributed by atoms with Gasteiger partial charge >= 0.3 is 0 Å². The van der Waals surface area contributed by atoms with Gasteiger partial charge < -0.3 is 10.1 Å². The lowest BCUT2D eigenvalue weighted by Crippen LogP contribution is -2.36. The van der Waals surface area contributed by atoms with E-state index in [-0.39, 0.29) is 17.0 Å². The summed E-state index contributed by atoms with van der Waals surface area (Å²) in [5.74, 6) is -0.336. The van der Waals surface area contributed by atoms with Crippen LogP contribution in [0.4, 0.5) is 10.1 Å². The minimum atomic E-state index is -3.66. The van der Waals surface area contributed by atoms with Crippen molar-refractivity contribution in [1.82, 2.24) is 4.31 Å². The van der Waals surface area contributed by atoms with Crippen LogP contribution < -0.4 is 10.1 Å². The van der Waals surface area contributed by atoms with E-state index >= 15 is 0 Å². The molecule has 31 heavy (non-hydrogen) atoms. The van der Waals surface area contributed by atoms with E-state index in [1.54, 1.807) is 24.3 Å². The highest BCUT2D eigenvalue weighted by molar-refractivity contribution is 7.89. The number of carbonyl (C=O) groups is 1. The molecule has 0 unspecified atom stereocenters. The van der Waals surface area contributed by atoms with Crippen LogP contribution in [0, 0.1) is 5.82 Å². The molecular formula is C23H21FN2O4S. The van der Waals surface area contributed by atoms with Crippen molar-refractivity contribution in [2.45, 2.75) is 17.9 Å². The molecule has 3 aromatic carbocycles. The first kappa shape index (κ1) is 21.0. The number of methoxy groups -OCH3 is 1. The van der Waals surface area contributed by atoms with Gasteiger partial charge in [0, 0.05) is 24.3 Å². The smallest absolute Gasteiger partial charge is 0.255 e. The van der Waals surface area contributed by atoms with Crippen LogP contribution in [0.5, 0.6) is 5.75 Å². The zero-order chi connectivity index (χ0) is 22.0. The number of sulfonamides is 1. The number of nitrogens with one attached hydrogen (secondary N) is 1. The van der Waals surface area contributed by atoms with Gasteiger partial charge in [0.15, 0.2) is 0 Å². The monoisotopic (exact) mass is 440 g/mol. The summed E-state index contributed by atoms with van der Waals surface area (Å²) in [7, 11) is -2.14. The molecule has 0 radical (unpaired) electrons. The number of amides is 1. The highest BCUT2D eigenvalue weighted by Crippen LogP contribution is 2.28. The van der Waals surface area contributed by atoms with E-state index in [1.165, 1.54) is 41.7 Å². The number of benzene rings is 3. The van der Waals surface area contributed by atoms with Crippen LogP contribution in [-0.4, -0.2) is 32.3 Å². The first-order valence-electron chi connectivity index (χ1n) is 9.70. The Balaban J connectivity index is 1.53. The molecule has 6 nitrogen and oxygen atoms in total. The summed E-state index contributed by atoms with van der Waals surface area (Å²) >= 11 is 0. The average molecular weight is 440 g/mol. The van der Waals surface area contributed by atoms with Gasteiger partial charge in [-0.2, -0.15) is 4.31 Å². The number of ether oxygens (including phenoxy) is 1. The summed E-state index contributed by atoms with van der Waals surface area (Å²) in [4.78, 5) is 12.6. The Morgan fingerprint density at radius 2 is 1.81 bits per heavy atom. The highest BCUT2D eigenvalue weighted by Gasteiger charge is 2.28. The summed E-state index contributed by atoms with van der Waals surface area (Å²) < 4.78 is 46.0. The third-order valence-electron chi connectivity index (χ3n) is 5.23. The van der Waals surface area contributed by atoms with Crippen LogP contribution in [0.1, 0.15) is 21.5 Å². The van der Waals surface area contributed by atoms with Crippen molar-refractivity contribution in [3.63, 3.8) is 0 Å².